The van der Waals surface area contributed by atoms with Gasteiger partial charge >= 0.3 is 0 Å². The fourth-order valence-corrected chi connectivity index (χ4v) is 5.30. The molecular weight excluding hydrogens is 382 g/mol. The summed E-state index contributed by atoms with van der Waals surface area (Å²) < 4.78 is 27.3. The largest absolute Gasteiger partial charge is 0.337 e. The predicted molar refractivity (Wildman–Crippen MR) is 107 cm³/mol. The van der Waals surface area contributed by atoms with Crippen molar-refractivity contribution < 1.29 is 13.2 Å². The standard InChI is InChI=1S/C19H23N3O3S2/c1-14-4-6-18(15(2)12-14)27(24,25)22-10-8-21(9-11-22)19(23)7-5-17-13-26-16(3)20-17/h4-7,12-13H,8-11H2,1-3H3/b7-5+. The van der Waals surface area contributed by atoms with Crippen LogP contribution in [0.3, 0.4) is 0 Å². The number of benzene rings is 1. The zero-order valence-corrected chi connectivity index (χ0v) is 17.3. The van der Waals surface area contributed by atoms with Crippen LogP contribution in [0.4, 0.5) is 0 Å². The average Bonchev–Trinajstić information content (AvgIpc) is 3.05. The van der Waals surface area contributed by atoms with E-state index in [1.807, 2.05) is 38.3 Å². The van der Waals surface area contributed by atoms with Gasteiger partial charge in [0.2, 0.25) is 15.9 Å². The minimum atomic E-state index is -3.54. The smallest absolute Gasteiger partial charge is 0.246 e. The number of hydrogen-bond acceptors (Lipinski definition) is 5. The lowest BCUT2D eigenvalue weighted by atomic mass is 10.2. The Morgan fingerprint density at radius 2 is 1.85 bits per heavy atom. The van der Waals surface area contributed by atoms with Gasteiger partial charge in [-0.25, -0.2) is 13.4 Å². The number of thiazole rings is 1. The Labute approximate surface area is 164 Å². The third kappa shape index (κ3) is 4.45. The van der Waals surface area contributed by atoms with E-state index in [0.29, 0.717) is 31.1 Å². The van der Waals surface area contributed by atoms with E-state index in [1.54, 1.807) is 17.0 Å². The minimum Gasteiger partial charge on any atom is -0.337 e. The molecule has 0 spiro atoms. The van der Waals surface area contributed by atoms with E-state index >= 15 is 0 Å². The van der Waals surface area contributed by atoms with Crippen LogP contribution in [0.1, 0.15) is 21.8 Å². The molecule has 2 aromatic rings. The van der Waals surface area contributed by atoms with Crippen LogP contribution >= 0.6 is 11.3 Å². The van der Waals surface area contributed by atoms with Crippen molar-refractivity contribution in [2.75, 3.05) is 26.2 Å². The second kappa shape index (κ2) is 7.92. The van der Waals surface area contributed by atoms with Gasteiger partial charge in [-0.3, -0.25) is 4.79 Å². The maximum absolute atomic E-state index is 12.9. The SMILES string of the molecule is Cc1ccc(S(=O)(=O)N2CCN(C(=O)/C=C/c3csc(C)n3)CC2)c(C)c1. The molecule has 27 heavy (non-hydrogen) atoms. The molecule has 1 fully saturated rings. The van der Waals surface area contributed by atoms with Gasteiger partial charge in [0.05, 0.1) is 15.6 Å². The first-order valence-electron chi connectivity index (χ1n) is 8.74. The van der Waals surface area contributed by atoms with E-state index < -0.39 is 10.0 Å². The van der Waals surface area contributed by atoms with Crippen molar-refractivity contribution in [2.45, 2.75) is 25.7 Å². The van der Waals surface area contributed by atoms with Gasteiger partial charge in [-0.15, -0.1) is 11.3 Å². The Kier molecular flexibility index (Phi) is 5.78. The number of nitrogens with zero attached hydrogens (tertiary/aromatic N) is 3. The highest BCUT2D eigenvalue weighted by Gasteiger charge is 2.30. The molecule has 0 saturated carbocycles. The first kappa shape index (κ1) is 19.7. The molecule has 3 rings (SSSR count). The van der Waals surface area contributed by atoms with Crippen molar-refractivity contribution in [3.8, 4) is 0 Å². The van der Waals surface area contributed by atoms with Gasteiger partial charge in [-0.05, 0) is 38.5 Å². The first-order chi connectivity index (χ1) is 12.8. The zero-order valence-electron chi connectivity index (χ0n) is 15.7. The van der Waals surface area contributed by atoms with Crippen molar-refractivity contribution in [1.82, 2.24) is 14.2 Å². The van der Waals surface area contributed by atoms with Crippen LogP contribution in [0.15, 0.2) is 34.6 Å². The van der Waals surface area contributed by atoms with Gasteiger partial charge in [0.15, 0.2) is 0 Å². The molecule has 0 unspecified atom stereocenters. The number of carbonyl (C=O) groups excluding carboxylic acids is 1. The molecule has 1 saturated heterocycles. The van der Waals surface area contributed by atoms with E-state index in [9.17, 15) is 13.2 Å². The summed E-state index contributed by atoms with van der Waals surface area (Å²) in [6.45, 7) is 7.01. The highest BCUT2D eigenvalue weighted by Crippen LogP contribution is 2.22. The number of aryl methyl sites for hydroxylation is 3. The second-order valence-electron chi connectivity index (χ2n) is 6.62. The molecule has 1 aliphatic rings. The van der Waals surface area contributed by atoms with Crippen molar-refractivity contribution in [2.24, 2.45) is 0 Å². The normalized spacial score (nSPS) is 16.2. The fourth-order valence-electron chi connectivity index (χ4n) is 3.10. The van der Waals surface area contributed by atoms with Gasteiger partial charge in [0.25, 0.3) is 0 Å². The summed E-state index contributed by atoms with van der Waals surface area (Å²) in [7, 11) is -3.54. The Hall–Kier alpha value is -2.03. The van der Waals surface area contributed by atoms with Crippen LogP contribution in [0.25, 0.3) is 6.08 Å². The van der Waals surface area contributed by atoms with Gasteiger partial charge < -0.3 is 4.90 Å². The molecular formula is C19H23N3O3S2. The lowest BCUT2D eigenvalue weighted by Gasteiger charge is -2.33. The molecule has 6 nitrogen and oxygen atoms in total. The summed E-state index contributed by atoms with van der Waals surface area (Å²) in [5.41, 5.74) is 2.54. The summed E-state index contributed by atoms with van der Waals surface area (Å²) in [5.74, 6) is -0.121. The molecule has 144 valence electrons. The molecule has 0 N–H and O–H groups in total. The second-order valence-corrected chi connectivity index (χ2v) is 9.59. The van der Waals surface area contributed by atoms with Crippen LogP contribution in [-0.2, 0) is 14.8 Å². The van der Waals surface area contributed by atoms with Crippen molar-refractivity contribution in [1.29, 1.82) is 0 Å². The Morgan fingerprint density at radius 3 is 2.44 bits per heavy atom. The fraction of sp³-hybridized carbons (Fsp3) is 0.368. The van der Waals surface area contributed by atoms with Gasteiger partial charge in [0, 0.05) is 37.6 Å². The average molecular weight is 406 g/mol. The molecule has 0 radical (unpaired) electrons. The van der Waals surface area contributed by atoms with E-state index in [2.05, 4.69) is 4.98 Å². The highest BCUT2D eigenvalue weighted by atomic mass is 32.2. The molecule has 1 aromatic heterocycles. The minimum absolute atomic E-state index is 0.121. The summed E-state index contributed by atoms with van der Waals surface area (Å²) >= 11 is 1.53. The Balaban J connectivity index is 1.64. The monoisotopic (exact) mass is 405 g/mol. The highest BCUT2D eigenvalue weighted by molar-refractivity contribution is 7.89. The quantitative estimate of drug-likeness (QED) is 0.733. The molecule has 0 atom stereocenters. The number of rotatable bonds is 4. The maximum Gasteiger partial charge on any atom is 0.246 e. The topological polar surface area (TPSA) is 70.6 Å². The zero-order chi connectivity index (χ0) is 19.6. The molecule has 0 aliphatic carbocycles. The van der Waals surface area contributed by atoms with E-state index in [-0.39, 0.29) is 5.91 Å². The lowest BCUT2D eigenvalue weighted by Crippen LogP contribution is -2.50. The third-order valence-electron chi connectivity index (χ3n) is 4.53. The van der Waals surface area contributed by atoms with E-state index in [0.717, 1.165) is 21.8 Å². The Bertz CT molecular complexity index is 972. The van der Waals surface area contributed by atoms with Crippen LogP contribution in [0.2, 0.25) is 0 Å². The number of amides is 1. The van der Waals surface area contributed by atoms with Gasteiger partial charge in [-0.1, -0.05) is 17.7 Å². The number of piperazine rings is 1. The number of hydrogen-bond donors (Lipinski definition) is 0. The summed E-state index contributed by atoms with van der Waals surface area (Å²) in [4.78, 5) is 18.6. The number of carbonyl (C=O) groups is 1. The molecule has 1 aromatic carbocycles. The number of aromatic nitrogens is 1. The van der Waals surface area contributed by atoms with Crippen LogP contribution in [0.5, 0.6) is 0 Å². The van der Waals surface area contributed by atoms with Crippen LogP contribution in [-0.4, -0.2) is 54.7 Å². The van der Waals surface area contributed by atoms with Crippen molar-refractivity contribution in [3.05, 3.63) is 51.5 Å². The predicted octanol–water partition coefficient (Wildman–Crippen LogP) is 2.61. The van der Waals surface area contributed by atoms with E-state index in [4.69, 9.17) is 0 Å². The van der Waals surface area contributed by atoms with Gasteiger partial charge in [-0.2, -0.15) is 4.31 Å². The molecule has 1 aliphatic heterocycles. The Morgan fingerprint density at radius 1 is 1.15 bits per heavy atom. The first-order valence-corrected chi connectivity index (χ1v) is 11.1. The van der Waals surface area contributed by atoms with Crippen molar-refractivity contribution >= 4 is 33.3 Å². The summed E-state index contributed by atoms with van der Waals surface area (Å²) in [6, 6.07) is 5.35. The summed E-state index contributed by atoms with van der Waals surface area (Å²) in [5, 5.41) is 2.85. The van der Waals surface area contributed by atoms with Crippen LogP contribution in [0, 0.1) is 20.8 Å². The molecule has 8 heteroatoms. The third-order valence-corrected chi connectivity index (χ3v) is 7.38. The number of sulfonamides is 1. The van der Waals surface area contributed by atoms with Gasteiger partial charge in [0.1, 0.15) is 0 Å². The molecule has 1 amide bonds. The van der Waals surface area contributed by atoms with Crippen LogP contribution < -0.4 is 0 Å². The molecule has 0 bridgehead atoms. The van der Waals surface area contributed by atoms with Crippen molar-refractivity contribution in [3.63, 3.8) is 0 Å². The lowest BCUT2D eigenvalue weighted by molar-refractivity contribution is -0.127. The van der Waals surface area contributed by atoms with E-state index in [1.165, 1.54) is 21.7 Å². The molecule has 2 heterocycles. The maximum atomic E-state index is 12.9. The summed E-state index contributed by atoms with van der Waals surface area (Å²) in [6.07, 6.45) is 3.20.